The molecule has 65 heavy (non-hydrogen) atoms. The van der Waals surface area contributed by atoms with E-state index in [1.807, 2.05) is 32.0 Å². The van der Waals surface area contributed by atoms with Gasteiger partial charge in [0.1, 0.15) is 17.3 Å². The lowest BCUT2D eigenvalue weighted by molar-refractivity contribution is 0.0844. The van der Waals surface area contributed by atoms with Crippen LogP contribution in [0.5, 0.6) is 0 Å². The van der Waals surface area contributed by atoms with Gasteiger partial charge in [-0.05, 0) is 103 Å². The average molecular weight is 883 g/mol. The minimum atomic E-state index is -0.811. The molecule has 2 amide bonds. The van der Waals surface area contributed by atoms with Crippen molar-refractivity contribution in [2.24, 2.45) is 0 Å². The predicted molar refractivity (Wildman–Crippen MR) is 243 cm³/mol. The van der Waals surface area contributed by atoms with Crippen molar-refractivity contribution in [3.63, 3.8) is 0 Å². The molecule has 0 radical (unpaired) electrons. The quantitative estimate of drug-likeness (QED) is 0.129. The molecule has 6 aromatic heterocycles. The maximum absolute atomic E-state index is 12.9. The molecule has 324 valence electrons. The molecule has 0 unspecified atom stereocenters. The summed E-state index contributed by atoms with van der Waals surface area (Å²) in [6.07, 6.45) is 11.2. The molecule has 0 spiro atoms. The van der Waals surface area contributed by atoms with Gasteiger partial charge in [-0.3, -0.25) is 34.5 Å². The Morgan fingerprint density at radius 2 is 1.11 bits per heavy atom. The van der Waals surface area contributed by atoms with Gasteiger partial charge in [0.05, 0.1) is 74.9 Å². The molecule has 1 fully saturated rings. The number of carbonyl (C=O) groups is 2. The van der Waals surface area contributed by atoms with Crippen LogP contribution in [0.1, 0.15) is 107 Å². The van der Waals surface area contributed by atoms with Gasteiger partial charge in [0.2, 0.25) is 0 Å². The molecule has 0 aliphatic carbocycles. The van der Waals surface area contributed by atoms with Gasteiger partial charge >= 0.3 is 0 Å². The van der Waals surface area contributed by atoms with E-state index in [4.69, 9.17) is 16.3 Å². The molecule has 1 aliphatic heterocycles. The molecule has 0 atom stereocenters. The summed E-state index contributed by atoms with van der Waals surface area (Å²) in [5.41, 5.74) is 7.20. The number of amides is 2. The van der Waals surface area contributed by atoms with Gasteiger partial charge in [-0.1, -0.05) is 11.6 Å². The molecule has 7 rings (SSSR count). The molecule has 7 heterocycles. The second-order valence-corrected chi connectivity index (χ2v) is 16.6. The first-order valence-corrected chi connectivity index (χ1v) is 20.8. The highest BCUT2D eigenvalue weighted by atomic mass is 35.5. The van der Waals surface area contributed by atoms with Gasteiger partial charge < -0.3 is 15.4 Å². The van der Waals surface area contributed by atoms with Crippen LogP contribution in [0.25, 0.3) is 22.3 Å². The third kappa shape index (κ3) is 11.0. The molecule has 0 saturated carbocycles. The van der Waals surface area contributed by atoms with Crippen LogP contribution in [-0.2, 0) is 15.6 Å². The topological polar surface area (TPSA) is 240 Å². The highest BCUT2D eigenvalue weighted by Crippen LogP contribution is 2.33. The van der Waals surface area contributed by atoms with E-state index in [2.05, 4.69) is 58.7 Å². The molecule has 16 heteroatoms. The Labute approximate surface area is 381 Å². The second-order valence-electron chi connectivity index (χ2n) is 16.3. The Bertz CT molecular complexity index is 2970. The number of rotatable bonds is 9. The monoisotopic (exact) mass is 882 g/mol. The van der Waals surface area contributed by atoms with Crippen molar-refractivity contribution in [2.75, 3.05) is 23.8 Å². The van der Waals surface area contributed by atoms with Crippen LogP contribution in [0, 0.1) is 59.2 Å². The smallest absolute Gasteiger partial charge is 0.255 e. The lowest BCUT2D eigenvalue weighted by atomic mass is 9.90. The fourth-order valence-electron chi connectivity index (χ4n) is 6.82. The van der Waals surface area contributed by atoms with Crippen molar-refractivity contribution in [2.45, 2.75) is 71.1 Å². The van der Waals surface area contributed by atoms with Crippen LogP contribution in [0.2, 0.25) is 5.15 Å². The summed E-state index contributed by atoms with van der Waals surface area (Å²) >= 11 is 5.92. The van der Waals surface area contributed by atoms with Crippen molar-refractivity contribution in [3.05, 3.63) is 142 Å². The molecule has 2 N–H and O–H groups in total. The summed E-state index contributed by atoms with van der Waals surface area (Å²) < 4.78 is 5.44. The molecule has 6 aromatic rings. The van der Waals surface area contributed by atoms with E-state index in [-0.39, 0.29) is 28.4 Å². The van der Waals surface area contributed by atoms with Crippen LogP contribution in [0.15, 0.2) is 85.7 Å². The van der Waals surface area contributed by atoms with Crippen LogP contribution in [0.4, 0.5) is 11.4 Å². The Morgan fingerprint density at radius 3 is 1.57 bits per heavy atom. The van der Waals surface area contributed by atoms with Gasteiger partial charge in [-0.2, -0.15) is 21.0 Å². The van der Waals surface area contributed by atoms with Gasteiger partial charge in [0.15, 0.2) is 0 Å². The van der Waals surface area contributed by atoms with Crippen molar-refractivity contribution in [3.8, 4) is 46.5 Å². The summed E-state index contributed by atoms with van der Waals surface area (Å²) in [5, 5.41) is 43.4. The first-order valence-electron chi connectivity index (χ1n) is 20.4. The van der Waals surface area contributed by atoms with E-state index in [0.717, 1.165) is 40.9 Å². The van der Waals surface area contributed by atoms with E-state index >= 15 is 0 Å². The Kier molecular flexibility index (Phi) is 14.4. The number of aryl methyl sites for hydroxylation is 2. The fourth-order valence-corrected chi connectivity index (χ4v) is 6.96. The van der Waals surface area contributed by atoms with E-state index in [1.165, 1.54) is 12.4 Å². The Morgan fingerprint density at radius 1 is 0.646 bits per heavy atom. The Hall–Kier alpha value is -7.95. The van der Waals surface area contributed by atoms with E-state index in [1.54, 1.807) is 88.9 Å². The first-order chi connectivity index (χ1) is 31.1. The molecule has 0 aromatic carbocycles. The van der Waals surface area contributed by atoms with E-state index < -0.39 is 10.8 Å². The lowest BCUT2D eigenvalue weighted by Crippen LogP contribution is -2.18. The number of pyridine rings is 6. The van der Waals surface area contributed by atoms with Crippen LogP contribution in [-0.4, -0.2) is 54.9 Å². The number of hydrogen-bond donors (Lipinski definition) is 2. The zero-order chi connectivity index (χ0) is 46.9. The minimum absolute atomic E-state index is 0.130. The maximum atomic E-state index is 12.9. The third-order valence-electron chi connectivity index (χ3n) is 10.8. The number of nitriles is 4. The SMILES string of the molecule is Cc1ncc(NC(=O)c2ccnc(C(C)(C)C#N)c2)cc1-c1cnc(C2CCOCC2)c(C#N)c1.Cc1ncc(NC(=O)c2ccnc(C(C)(C)C#N)c2)cc1-c1cnc(Cl)c(C#N)c1. The number of hydrogen-bond acceptors (Lipinski definition) is 13. The zero-order valence-corrected chi connectivity index (χ0v) is 37.3. The summed E-state index contributed by atoms with van der Waals surface area (Å²) in [5.74, 6) is -0.464. The predicted octanol–water partition coefficient (Wildman–Crippen LogP) is 9.09. The normalized spacial score (nSPS) is 12.5. The second kappa shape index (κ2) is 20.0. The summed E-state index contributed by atoms with van der Waals surface area (Å²) in [7, 11) is 0. The van der Waals surface area contributed by atoms with Gasteiger partial charge in [-0.15, -0.1) is 0 Å². The maximum Gasteiger partial charge on any atom is 0.255 e. The molecule has 15 nitrogen and oxygen atoms in total. The standard InChI is InChI=1S/C27H26N6O2.C22H17ClN6O/c1-17-23(21-10-20(13-28)25(32-14-21)18-5-8-35-9-6-18)12-22(15-31-17)33-26(34)19-4-7-30-24(11-19)27(2,3)16-29;1-13-18(16-6-15(9-24)20(23)28-10-16)8-17(11-27-13)29-21(30)14-4-5-26-19(7-14)22(2,3)12-25/h4,7,10-12,14-15,18H,5-6,8-9H2,1-3H3,(H,33,34);4-8,10-11H,1-3H3,(H,29,30). The first kappa shape index (κ1) is 46.6. The van der Waals surface area contributed by atoms with Gasteiger partial charge in [-0.25, -0.2) is 4.98 Å². The number of nitrogens with zero attached hydrogens (tertiary/aromatic N) is 10. The van der Waals surface area contributed by atoms with Crippen LogP contribution >= 0.6 is 11.6 Å². The van der Waals surface area contributed by atoms with Crippen LogP contribution in [0.3, 0.4) is 0 Å². The molecule has 1 saturated heterocycles. The van der Waals surface area contributed by atoms with Crippen molar-refractivity contribution < 1.29 is 14.3 Å². The zero-order valence-electron chi connectivity index (χ0n) is 36.6. The summed E-state index contributed by atoms with van der Waals surface area (Å²) in [6.45, 7) is 12.0. The number of aromatic nitrogens is 6. The van der Waals surface area contributed by atoms with E-state index in [9.17, 15) is 30.6 Å². The third-order valence-corrected chi connectivity index (χ3v) is 11.1. The molecular formula is C49H43ClN12O3. The Balaban J connectivity index is 0.000000218. The fraction of sp³-hybridized carbons (Fsp3) is 0.265. The molecular weight excluding hydrogens is 840 g/mol. The highest BCUT2D eigenvalue weighted by Gasteiger charge is 2.25. The van der Waals surface area contributed by atoms with Gasteiger partial charge in [0, 0.05) is 88.7 Å². The van der Waals surface area contributed by atoms with Crippen LogP contribution < -0.4 is 10.6 Å². The summed E-state index contributed by atoms with van der Waals surface area (Å²) in [6, 6.07) is 22.1. The van der Waals surface area contributed by atoms with Crippen molar-refractivity contribution in [1.29, 1.82) is 21.0 Å². The number of nitrogens with one attached hydrogen (secondary N) is 2. The van der Waals surface area contributed by atoms with E-state index in [0.29, 0.717) is 63.9 Å². The number of halogens is 1. The number of anilines is 2. The molecule has 0 bridgehead atoms. The van der Waals surface area contributed by atoms with Gasteiger partial charge in [0.25, 0.3) is 11.8 Å². The molecule has 1 aliphatic rings. The largest absolute Gasteiger partial charge is 0.381 e. The lowest BCUT2D eigenvalue weighted by Gasteiger charge is -2.22. The average Bonchev–Trinajstić information content (AvgIpc) is 3.33. The van der Waals surface area contributed by atoms with Crippen molar-refractivity contribution >= 4 is 34.8 Å². The minimum Gasteiger partial charge on any atom is -0.381 e. The highest BCUT2D eigenvalue weighted by molar-refractivity contribution is 6.30. The summed E-state index contributed by atoms with van der Waals surface area (Å²) in [4.78, 5) is 51.6. The number of ether oxygens (including phenoxy) is 1. The van der Waals surface area contributed by atoms with Crippen molar-refractivity contribution in [1.82, 2.24) is 29.9 Å². The number of carbonyl (C=O) groups excluding carboxylic acids is 2.